The zero-order valence-electron chi connectivity index (χ0n) is 10.4. The van der Waals surface area contributed by atoms with Crippen molar-refractivity contribution in [1.29, 1.82) is 0 Å². The maximum Gasteiger partial charge on any atom is 0.224 e. The third kappa shape index (κ3) is 4.97. The predicted molar refractivity (Wildman–Crippen MR) is 69.2 cm³/mol. The highest BCUT2D eigenvalue weighted by atomic mass is 16.3. The highest BCUT2D eigenvalue weighted by molar-refractivity contribution is 5.90. The second-order valence-electron chi connectivity index (χ2n) is 3.92. The van der Waals surface area contributed by atoms with Crippen molar-refractivity contribution in [2.45, 2.75) is 19.3 Å². The lowest BCUT2D eigenvalue weighted by atomic mass is 10.1. The third-order valence-corrected chi connectivity index (χ3v) is 2.44. The van der Waals surface area contributed by atoms with Crippen molar-refractivity contribution >= 4 is 17.5 Å². The van der Waals surface area contributed by atoms with E-state index in [0.29, 0.717) is 24.9 Å². The zero-order valence-corrected chi connectivity index (χ0v) is 10.4. The Hall–Kier alpha value is -1.88. The summed E-state index contributed by atoms with van der Waals surface area (Å²) in [4.78, 5) is 22.6. The highest BCUT2D eigenvalue weighted by Gasteiger charge is 2.03. The predicted octanol–water partition coefficient (Wildman–Crippen LogP) is 0.686. The summed E-state index contributed by atoms with van der Waals surface area (Å²) in [6.45, 7) is 0.0124. The van der Waals surface area contributed by atoms with E-state index in [1.54, 1.807) is 31.3 Å². The number of benzene rings is 1. The van der Waals surface area contributed by atoms with E-state index in [0.717, 1.165) is 5.56 Å². The van der Waals surface area contributed by atoms with Crippen molar-refractivity contribution in [2.24, 2.45) is 0 Å². The Kier molecular flexibility index (Phi) is 5.87. The van der Waals surface area contributed by atoms with Crippen molar-refractivity contribution in [3.8, 4) is 0 Å². The molecular formula is C13H18N2O3. The molecule has 5 nitrogen and oxygen atoms in total. The largest absolute Gasteiger partial charge is 0.396 e. The van der Waals surface area contributed by atoms with Gasteiger partial charge < -0.3 is 15.7 Å². The van der Waals surface area contributed by atoms with Gasteiger partial charge in [-0.1, -0.05) is 12.1 Å². The Morgan fingerprint density at radius 3 is 2.39 bits per heavy atom. The topological polar surface area (TPSA) is 78.4 Å². The van der Waals surface area contributed by atoms with Crippen LogP contribution in [0.4, 0.5) is 5.69 Å². The summed E-state index contributed by atoms with van der Waals surface area (Å²) in [5, 5.41) is 13.9. The van der Waals surface area contributed by atoms with E-state index in [9.17, 15) is 9.59 Å². The molecule has 0 bridgehead atoms. The maximum atomic E-state index is 11.4. The molecule has 5 heteroatoms. The summed E-state index contributed by atoms with van der Waals surface area (Å²) < 4.78 is 0. The van der Waals surface area contributed by atoms with Gasteiger partial charge in [-0.25, -0.2) is 0 Å². The van der Waals surface area contributed by atoms with Gasteiger partial charge in [0, 0.05) is 25.8 Å². The second kappa shape index (κ2) is 7.45. The van der Waals surface area contributed by atoms with Crippen molar-refractivity contribution in [1.82, 2.24) is 5.32 Å². The molecule has 0 saturated carbocycles. The molecule has 0 radical (unpaired) electrons. The van der Waals surface area contributed by atoms with Gasteiger partial charge in [0.1, 0.15) is 0 Å². The first-order chi connectivity index (χ1) is 8.65. The van der Waals surface area contributed by atoms with Crippen molar-refractivity contribution in [3.05, 3.63) is 29.8 Å². The highest BCUT2D eigenvalue weighted by Crippen LogP contribution is 2.10. The first-order valence-corrected chi connectivity index (χ1v) is 5.86. The minimum absolute atomic E-state index is 0.0124. The number of anilines is 1. The van der Waals surface area contributed by atoms with Gasteiger partial charge in [0.25, 0.3) is 0 Å². The number of amides is 2. The Morgan fingerprint density at radius 2 is 1.83 bits per heavy atom. The number of aliphatic hydroxyl groups is 1. The van der Waals surface area contributed by atoms with Crippen molar-refractivity contribution < 1.29 is 14.7 Å². The molecule has 1 aromatic carbocycles. The third-order valence-electron chi connectivity index (χ3n) is 2.44. The molecule has 0 unspecified atom stereocenters. The fourth-order valence-electron chi connectivity index (χ4n) is 1.44. The summed E-state index contributed by atoms with van der Waals surface area (Å²) in [5.74, 6) is -0.169. The summed E-state index contributed by atoms with van der Waals surface area (Å²) >= 11 is 0. The standard InChI is InChI=1S/C13H18N2O3/c1-14-13(18)9-10-4-6-11(7-5-10)15-12(17)3-2-8-16/h4-7,16H,2-3,8-9H2,1H3,(H,14,18)(H,15,17). The Labute approximate surface area is 106 Å². The molecule has 0 fully saturated rings. The van der Waals surface area contributed by atoms with Crippen LogP contribution in [0.5, 0.6) is 0 Å². The molecule has 18 heavy (non-hydrogen) atoms. The lowest BCUT2D eigenvalue weighted by molar-refractivity contribution is -0.120. The maximum absolute atomic E-state index is 11.4. The molecule has 0 heterocycles. The first kappa shape index (κ1) is 14.2. The summed E-state index contributed by atoms with van der Waals surface area (Å²) in [6, 6.07) is 7.12. The summed E-state index contributed by atoms with van der Waals surface area (Å²) in [7, 11) is 1.60. The first-order valence-electron chi connectivity index (χ1n) is 5.86. The average molecular weight is 250 g/mol. The smallest absolute Gasteiger partial charge is 0.224 e. The van der Waals surface area contributed by atoms with E-state index in [-0.39, 0.29) is 18.4 Å². The van der Waals surface area contributed by atoms with Crippen LogP contribution in [-0.4, -0.2) is 30.6 Å². The molecule has 0 aliphatic rings. The van der Waals surface area contributed by atoms with E-state index >= 15 is 0 Å². The van der Waals surface area contributed by atoms with Gasteiger partial charge in [0.2, 0.25) is 11.8 Å². The fourth-order valence-corrected chi connectivity index (χ4v) is 1.44. The van der Waals surface area contributed by atoms with Crippen LogP contribution in [0.25, 0.3) is 0 Å². The van der Waals surface area contributed by atoms with Crippen LogP contribution in [0.3, 0.4) is 0 Å². The molecular weight excluding hydrogens is 232 g/mol. The quantitative estimate of drug-likeness (QED) is 0.695. The van der Waals surface area contributed by atoms with Gasteiger partial charge in [-0.05, 0) is 24.1 Å². The molecule has 0 saturated heterocycles. The summed E-state index contributed by atoms with van der Waals surface area (Å²) in [6.07, 6.45) is 1.09. The van der Waals surface area contributed by atoms with Crippen LogP contribution in [0.15, 0.2) is 24.3 Å². The number of nitrogens with one attached hydrogen (secondary N) is 2. The van der Waals surface area contributed by atoms with Crippen LogP contribution in [0, 0.1) is 0 Å². The number of carbonyl (C=O) groups is 2. The molecule has 0 atom stereocenters. The molecule has 0 aliphatic carbocycles. The molecule has 98 valence electrons. The van der Waals surface area contributed by atoms with Crippen LogP contribution in [0.1, 0.15) is 18.4 Å². The zero-order chi connectivity index (χ0) is 13.4. The molecule has 0 spiro atoms. The number of aliphatic hydroxyl groups excluding tert-OH is 1. The minimum atomic E-state index is -0.122. The molecule has 3 N–H and O–H groups in total. The van der Waals surface area contributed by atoms with Crippen LogP contribution < -0.4 is 10.6 Å². The van der Waals surface area contributed by atoms with Gasteiger partial charge in [-0.15, -0.1) is 0 Å². The fraction of sp³-hybridized carbons (Fsp3) is 0.385. The van der Waals surface area contributed by atoms with Gasteiger partial charge in [-0.3, -0.25) is 9.59 Å². The van der Waals surface area contributed by atoms with Gasteiger partial charge in [0.05, 0.1) is 6.42 Å². The lowest BCUT2D eigenvalue weighted by Crippen LogP contribution is -2.19. The van der Waals surface area contributed by atoms with E-state index in [1.165, 1.54) is 0 Å². The van der Waals surface area contributed by atoms with Crippen LogP contribution >= 0.6 is 0 Å². The normalized spacial score (nSPS) is 9.89. The van der Waals surface area contributed by atoms with Crippen molar-refractivity contribution in [2.75, 3.05) is 19.0 Å². The molecule has 1 aromatic rings. The van der Waals surface area contributed by atoms with Gasteiger partial charge in [-0.2, -0.15) is 0 Å². The summed E-state index contributed by atoms with van der Waals surface area (Å²) in [5.41, 5.74) is 1.58. The van der Waals surface area contributed by atoms with Crippen LogP contribution in [0.2, 0.25) is 0 Å². The Morgan fingerprint density at radius 1 is 1.17 bits per heavy atom. The second-order valence-corrected chi connectivity index (χ2v) is 3.92. The van der Waals surface area contributed by atoms with Crippen LogP contribution in [-0.2, 0) is 16.0 Å². The Balaban J connectivity index is 2.49. The molecule has 1 rings (SSSR count). The molecule has 0 aromatic heterocycles. The monoisotopic (exact) mass is 250 g/mol. The average Bonchev–Trinajstić information content (AvgIpc) is 2.38. The lowest BCUT2D eigenvalue weighted by Gasteiger charge is -2.06. The molecule has 0 aliphatic heterocycles. The number of carbonyl (C=O) groups excluding carboxylic acids is 2. The van der Waals surface area contributed by atoms with E-state index in [2.05, 4.69) is 10.6 Å². The van der Waals surface area contributed by atoms with Gasteiger partial charge >= 0.3 is 0 Å². The number of hydrogen-bond acceptors (Lipinski definition) is 3. The number of hydrogen-bond donors (Lipinski definition) is 3. The minimum Gasteiger partial charge on any atom is -0.396 e. The van der Waals surface area contributed by atoms with Gasteiger partial charge in [0.15, 0.2) is 0 Å². The van der Waals surface area contributed by atoms with E-state index in [4.69, 9.17) is 5.11 Å². The number of likely N-dealkylation sites (N-methyl/N-ethyl adjacent to an activating group) is 1. The van der Waals surface area contributed by atoms with E-state index in [1.807, 2.05) is 0 Å². The SMILES string of the molecule is CNC(=O)Cc1ccc(NC(=O)CCCO)cc1. The number of rotatable bonds is 6. The Bertz CT molecular complexity index is 401. The van der Waals surface area contributed by atoms with E-state index < -0.39 is 0 Å². The molecule has 2 amide bonds. The van der Waals surface area contributed by atoms with Crippen molar-refractivity contribution in [3.63, 3.8) is 0 Å².